The van der Waals surface area contributed by atoms with Gasteiger partial charge < -0.3 is 10.1 Å². The molecule has 0 radical (unpaired) electrons. The average molecular weight is 286 g/mol. The maximum atomic E-state index is 10.9. The van der Waals surface area contributed by atoms with Crippen LogP contribution in [0.15, 0.2) is 18.2 Å². The molecular weight excluding hydrogens is 268 g/mol. The molecule has 0 aliphatic heterocycles. The minimum Gasteiger partial charge on any atom is -0.496 e. The van der Waals surface area contributed by atoms with Gasteiger partial charge in [0.15, 0.2) is 0 Å². The smallest absolute Gasteiger partial charge is 0.270 e. The highest BCUT2D eigenvalue weighted by Gasteiger charge is 2.10. The second kappa shape index (κ2) is 7.85. The minimum atomic E-state index is -0.783. The van der Waals surface area contributed by atoms with Gasteiger partial charge in [0.1, 0.15) is 5.75 Å². The molecule has 0 spiro atoms. The fourth-order valence-electron chi connectivity index (χ4n) is 1.64. The van der Waals surface area contributed by atoms with Crippen molar-refractivity contribution in [2.24, 2.45) is 0 Å². The Kier molecular flexibility index (Phi) is 6.44. The standard InChI is InChI=1S/C12H18N2O4S/c1-18-12-5-4-11(14(15)16)8-10(12)9-13-6-3-7-19(2)17/h4-5,8,13H,3,6-7,9H2,1-2H3. The molecule has 1 atom stereocenters. The molecule has 0 heterocycles. The van der Waals surface area contributed by atoms with E-state index in [0.717, 1.165) is 12.0 Å². The summed E-state index contributed by atoms with van der Waals surface area (Å²) in [5, 5.41) is 13.9. The summed E-state index contributed by atoms with van der Waals surface area (Å²) < 4.78 is 16.0. The lowest BCUT2D eigenvalue weighted by molar-refractivity contribution is -0.384. The Bertz CT molecular complexity index is 465. The molecule has 1 N–H and O–H groups in total. The van der Waals surface area contributed by atoms with Gasteiger partial charge in [0.05, 0.1) is 12.0 Å². The first-order chi connectivity index (χ1) is 9.04. The number of nitrogens with one attached hydrogen (secondary N) is 1. The van der Waals surface area contributed by atoms with E-state index in [2.05, 4.69) is 5.32 Å². The molecule has 0 aliphatic carbocycles. The van der Waals surface area contributed by atoms with Gasteiger partial charge in [-0.05, 0) is 19.0 Å². The summed E-state index contributed by atoms with van der Waals surface area (Å²) in [4.78, 5) is 10.3. The number of nitro benzene ring substituents is 1. The zero-order valence-corrected chi connectivity index (χ0v) is 11.9. The van der Waals surface area contributed by atoms with Gasteiger partial charge in [-0.2, -0.15) is 0 Å². The molecule has 0 saturated heterocycles. The third-order valence-corrected chi connectivity index (χ3v) is 3.44. The van der Waals surface area contributed by atoms with Gasteiger partial charge in [-0.1, -0.05) is 0 Å². The quantitative estimate of drug-likeness (QED) is 0.444. The lowest BCUT2D eigenvalue weighted by Gasteiger charge is -2.09. The molecule has 6 nitrogen and oxygen atoms in total. The molecule has 0 fully saturated rings. The Balaban J connectivity index is 2.57. The molecule has 0 bridgehead atoms. The van der Waals surface area contributed by atoms with Crippen molar-refractivity contribution < 1.29 is 13.9 Å². The summed E-state index contributed by atoms with van der Waals surface area (Å²) in [6.07, 6.45) is 2.48. The van der Waals surface area contributed by atoms with Crippen LogP contribution in [0.1, 0.15) is 12.0 Å². The van der Waals surface area contributed by atoms with E-state index < -0.39 is 15.7 Å². The van der Waals surface area contributed by atoms with E-state index in [0.29, 0.717) is 24.6 Å². The van der Waals surface area contributed by atoms with Crippen LogP contribution in [-0.4, -0.2) is 34.8 Å². The topological polar surface area (TPSA) is 81.5 Å². The number of methoxy groups -OCH3 is 1. The molecule has 7 heteroatoms. The number of nitrogens with zero attached hydrogens (tertiary/aromatic N) is 1. The van der Waals surface area contributed by atoms with E-state index in [1.165, 1.54) is 19.2 Å². The molecule has 1 aromatic carbocycles. The molecule has 0 saturated carbocycles. The first-order valence-electron chi connectivity index (χ1n) is 5.86. The first-order valence-corrected chi connectivity index (χ1v) is 7.59. The van der Waals surface area contributed by atoms with Crippen molar-refractivity contribution in [2.45, 2.75) is 13.0 Å². The molecular formula is C12H18N2O4S. The van der Waals surface area contributed by atoms with E-state index in [1.807, 2.05) is 0 Å². The highest BCUT2D eigenvalue weighted by molar-refractivity contribution is 7.84. The van der Waals surface area contributed by atoms with Gasteiger partial charge >= 0.3 is 0 Å². The largest absolute Gasteiger partial charge is 0.496 e. The molecule has 0 aromatic heterocycles. The Hall–Kier alpha value is -1.47. The normalized spacial score (nSPS) is 12.1. The maximum absolute atomic E-state index is 10.9. The van der Waals surface area contributed by atoms with Crippen LogP contribution in [0.4, 0.5) is 5.69 Å². The van der Waals surface area contributed by atoms with Crippen molar-refractivity contribution in [3.05, 3.63) is 33.9 Å². The van der Waals surface area contributed by atoms with Gasteiger partial charge in [0.25, 0.3) is 5.69 Å². The Morgan fingerprint density at radius 3 is 2.79 bits per heavy atom. The van der Waals surface area contributed by atoms with Crippen molar-refractivity contribution in [3.63, 3.8) is 0 Å². The number of non-ortho nitro benzene ring substituents is 1. The van der Waals surface area contributed by atoms with Crippen molar-refractivity contribution in [1.82, 2.24) is 5.32 Å². The van der Waals surface area contributed by atoms with Crippen LogP contribution in [-0.2, 0) is 17.3 Å². The van der Waals surface area contributed by atoms with Crippen LogP contribution in [0.2, 0.25) is 0 Å². The molecule has 1 aromatic rings. The number of nitro groups is 1. The number of hydrogen-bond acceptors (Lipinski definition) is 5. The zero-order valence-electron chi connectivity index (χ0n) is 11.0. The third-order valence-electron chi connectivity index (χ3n) is 2.58. The Morgan fingerprint density at radius 1 is 1.47 bits per heavy atom. The summed E-state index contributed by atoms with van der Waals surface area (Å²) in [5.41, 5.74) is 0.793. The monoisotopic (exact) mass is 286 g/mol. The Labute approximate surface area is 114 Å². The average Bonchev–Trinajstić information content (AvgIpc) is 2.37. The maximum Gasteiger partial charge on any atom is 0.270 e. The molecule has 19 heavy (non-hydrogen) atoms. The van der Waals surface area contributed by atoms with E-state index >= 15 is 0 Å². The van der Waals surface area contributed by atoms with Crippen molar-refractivity contribution in [1.29, 1.82) is 0 Å². The SMILES string of the molecule is COc1ccc([N+](=O)[O-])cc1CNCCCS(C)=O. The first kappa shape index (κ1) is 15.6. The third kappa shape index (κ3) is 5.35. The zero-order chi connectivity index (χ0) is 14.3. The second-order valence-electron chi connectivity index (χ2n) is 4.06. The predicted octanol–water partition coefficient (Wildman–Crippen LogP) is 1.46. The van der Waals surface area contributed by atoms with Crippen LogP contribution in [0, 0.1) is 10.1 Å². The summed E-state index contributed by atoms with van der Waals surface area (Å²) in [6, 6.07) is 4.52. The van der Waals surface area contributed by atoms with Crippen LogP contribution >= 0.6 is 0 Å². The molecule has 106 valence electrons. The lowest BCUT2D eigenvalue weighted by Crippen LogP contribution is -2.17. The molecule has 0 amide bonds. The van der Waals surface area contributed by atoms with Crippen LogP contribution in [0.25, 0.3) is 0 Å². The van der Waals surface area contributed by atoms with Crippen molar-refractivity contribution in [3.8, 4) is 5.75 Å². The fraction of sp³-hybridized carbons (Fsp3) is 0.500. The van der Waals surface area contributed by atoms with Gasteiger partial charge in [0.2, 0.25) is 0 Å². The minimum absolute atomic E-state index is 0.0484. The number of hydrogen-bond donors (Lipinski definition) is 1. The van der Waals surface area contributed by atoms with Gasteiger partial charge in [0, 0.05) is 47.0 Å². The van der Waals surface area contributed by atoms with Crippen LogP contribution in [0.3, 0.4) is 0 Å². The molecule has 1 unspecified atom stereocenters. The highest BCUT2D eigenvalue weighted by Crippen LogP contribution is 2.23. The van der Waals surface area contributed by atoms with E-state index in [9.17, 15) is 14.3 Å². The van der Waals surface area contributed by atoms with Crippen LogP contribution < -0.4 is 10.1 Å². The second-order valence-corrected chi connectivity index (χ2v) is 5.62. The van der Waals surface area contributed by atoms with Crippen molar-refractivity contribution in [2.75, 3.05) is 25.7 Å². The lowest BCUT2D eigenvalue weighted by atomic mass is 10.1. The number of ether oxygens (including phenoxy) is 1. The molecule has 0 aliphatic rings. The predicted molar refractivity (Wildman–Crippen MR) is 74.9 cm³/mol. The summed E-state index contributed by atoms with van der Waals surface area (Å²) in [5.74, 6) is 1.27. The highest BCUT2D eigenvalue weighted by atomic mass is 32.2. The summed E-state index contributed by atoms with van der Waals surface area (Å²) in [7, 11) is 0.749. The number of benzene rings is 1. The van der Waals surface area contributed by atoms with E-state index in [4.69, 9.17) is 4.74 Å². The van der Waals surface area contributed by atoms with Crippen molar-refractivity contribution >= 4 is 16.5 Å². The summed E-state index contributed by atoms with van der Waals surface area (Å²) >= 11 is 0. The van der Waals surface area contributed by atoms with Crippen LogP contribution in [0.5, 0.6) is 5.75 Å². The van der Waals surface area contributed by atoms with E-state index in [-0.39, 0.29) is 5.69 Å². The fourth-order valence-corrected chi connectivity index (χ4v) is 2.19. The molecule has 1 rings (SSSR count). The van der Waals surface area contributed by atoms with E-state index in [1.54, 1.807) is 12.3 Å². The summed E-state index contributed by atoms with van der Waals surface area (Å²) in [6.45, 7) is 1.20. The van der Waals surface area contributed by atoms with Gasteiger partial charge in [-0.15, -0.1) is 0 Å². The Morgan fingerprint density at radius 2 is 2.21 bits per heavy atom. The number of rotatable bonds is 8. The van der Waals surface area contributed by atoms with Gasteiger partial charge in [-0.25, -0.2) is 0 Å². The van der Waals surface area contributed by atoms with Gasteiger partial charge in [-0.3, -0.25) is 14.3 Å².